The van der Waals surface area contributed by atoms with Crippen molar-refractivity contribution < 1.29 is 4.74 Å². The van der Waals surface area contributed by atoms with Crippen LogP contribution in [0, 0.1) is 5.92 Å². The zero-order valence-electron chi connectivity index (χ0n) is 9.75. The van der Waals surface area contributed by atoms with Gasteiger partial charge in [0.1, 0.15) is 5.01 Å². The highest BCUT2D eigenvalue weighted by Gasteiger charge is 2.01. The molecule has 0 unspecified atom stereocenters. The molecule has 3 nitrogen and oxygen atoms in total. The normalized spacial score (nSPS) is 11.2. The molecule has 0 spiro atoms. The number of rotatable bonds is 7. The van der Waals surface area contributed by atoms with Crippen molar-refractivity contribution in [2.24, 2.45) is 5.92 Å². The van der Waals surface area contributed by atoms with Gasteiger partial charge in [0, 0.05) is 18.5 Å². The molecule has 1 aromatic rings. The van der Waals surface area contributed by atoms with Crippen LogP contribution in [0.5, 0.6) is 0 Å². The Balaban J connectivity index is 2.19. The van der Waals surface area contributed by atoms with E-state index in [1.165, 1.54) is 0 Å². The van der Waals surface area contributed by atoms with E-state index >= 15 is 0 Å². The van der Waals surface area contributed by atoms with Gasteiger partial charge in [-0.1, -0.05) is 13.8 Å². The maximum absolute atomic E-state index is 5.55. The molecule has 1 N–H and O–H groups in total. The maximum atomic E-state index is 5.55. The molecule has 15 heavy (non-hydrogen) atoms. The molecule has 0 radical (unpaired) electrons. The Hall–Kier alpha value is -0.450. The van der Waals surface area contributed by atoms with Gasteiger partial charge >= 0.3 is 0 Å². The Kier molecular flexibility index (Phi) is 5.83. The first-order valence-corrected chi connectivity index (χ1v) is 6.26. The summed E-state index contributed by atoms with van der Waals surface area (Å²) in [4.78, 5) is 4.45. The van der Waals surface area contributed by atoms with Gasteiger partial charge in [0.15, 0.2) is 0 Å². The van der Waals surface area contributed by atoms with Gasteiger partial charge in [0.05, 0.1) is 12.3 Å². The standard InChI is InChI=1S/C11H20N2OS/c1-9(2)4-5-14-7-10-8-15-11(13-10)6-12-3/h8-9,12H,4-7H2,1-3H3. The van der Waals surface area contributed by atoms with Gasteiger partial charge in [-0.15, -0.1) is 11.3 Å². The molecule has 0 aliphatic heterocycles. The molecule has 0 bridgehead atoms. The fourth-order valence-corrected chi connectivity index (χ4v) is 1.93. The Bertz CT molecular complexity index is 273. The largest absolute Gasteiger partial charge is 0.375 e. The molecule has 0 saturated carbocycles. The molecule has 0 aliphatic rings. The van der Waals surface area contributed by atoms with E-state index in [2.05, 4.69) is 29.5 Å². The minimum absolute atomic E-state index is 0.646. The summed E-state index contributed by atoms with van der Waals surface area (Å²) in [5, 5.41) is 6.28. The highest BCUT2D eigenvalue weighted by molar-refractivity contribution is 7.09. The van der Waals surface area contributed by atoms with Crippen LogP contribution < -0.4 is 5.32 Å². The van der Waals surface area contributed by atoms with E-state index in [-0.39, 0.29) is 0 Å². The number of nitrogens with one attached hydrogen (secondary N) is 1. The van der Waals surface area contributed by atoms with Crippen molar-refractivity contribution in [1.29, 1.82) is 0 Å². The van der Waals surface area contributed by atoms with Gasteiger partial charge in [0.2, 0.25) is 0 Å². The predicted molar refractivity (Wildman–Crippen MR) is 64.0 cm³/mol. The average molecular weight is 228 g/mol. The van der Waals surface area contributed by atoms with Crippen molar-refractivity contribution in [1.82, 2.24) is 10.3 Å². The van der Waals surface area contributed by atoms with Gasteiger partial charge in [-0.2, -0.15) is 0 Å². The third-order valence-electron chi connectivity index (χ3n) is 2.02. The van der Waals surface area contributed by atoms with Crippen molar-refractivity contribution in [2.45, 2.75) is 33.4 Å². The average Bonchev–Trinajstić information content (AvgIpc) is 2.61. The fraction of sp³-hybridized carbons (Fsp3) is 0.727. The smallest absolute Gasteiger partial charge is 0.107 e. The summed E-state index contributed by atoms with van der Waals surface area (Å²) in [7, 11) is 1.93. The summed E-state index contributed by atoms with van der Waals surface area (Å²) in [6.07, 6.45) is 1.12. The monoisotopic (exact) mass is 228 g/mol. The van der Waals surface area contributed by atoms with E-state index in [1.54, 1.807) is 11.3 Å². The second-order valence-corrected chi connectivity index (χ2v) is 4.94. The summed E-state index contributed by atoms with van der Waals surface area (Å²) in [6.45, 7) is 6.73. The molecule has 0 saturated heterocycles. The first kappa shape index (κ1) is 12.6. The Morgan fingerprint density at radius 2 is 2.33 bits per heavy atom. The minimum Gasteiger partial charge on any atom is -0.375 e. The van der Waals surface area contributed by atoms with Crippen LogP contribution in [0.15, 0.2) is 5.38 Å². The van der Waals surface area contributed by atoms with E-state index < -0.39 is 0 Å². The zero-order chi connectivity index (χ0) is 11.1. The van der Waals surface area contributed by atoms with Gasteiger partial charge in [0.25, 0.3) is 0 Å². The lowest BCUT2D eigenvalue weighted by molar-refractivity contribution is 0.108. The van der Waals surface area contributed by atoms with E-state index in [1.807, 2.05) is 7.05 Å². The number of hydrogen-bond donors (Lipinski definition) is 1. The molecule has 0 atom stereocenters. The topological polar surface area (TPSA) is 34.2 Å². The van der Waals surface area contributed by atoms with Crippen LogP contribution in [-0.4, -0.2) is 18.6 Å². The van der Waals surface area contributed by atoms with E-state index in [9.17, 15) is 0 Å². The number of nitrogens with zero attached hydrogens (tertiary/aromatic N) is 1. The highest BCUT2D eigenvalue weighted by atomic mass is 32.1. The second kappa shape index (κ2) is 6.93. The first-order valence-electron chi connectivity index (χ1n) is 5.38. The molecule has 0 aliphatic carbocycles. The molecule has 1 rings (SSSR count). The third-order valence-corrected chi connectivity index (χ3v) is 2.91. The van der Waals surface area contributed by atoms with Gasteiger partial charge in [-0.3, -0.25) is 0 Å². The Morgan fingerprint density at radius 3 is 3.00 bits per heavy atom. The number of ether oxygens (including phenoxy) is 1. The molecule has 0 aromatic carbocycles. The Labute approximate surface area is 95.9 Å². The summed E-state index contributed by atoms with van der Waals surface area (Å²) in [5.41, 5.74) is 1.05. The van der Waals surface area contributed by atoms with Gasteiger partial charge in [-0.05, 0) is 19.4 Å². The molecule has 86 valence electrons. The molecule has 1 heterocycles. The number of hydrogen-bond acceptors (Lipinski definition) is 4. The van der Waals surface area contributed by atoms with E-state index in [0.717, 1.165) is 30.3 Å². The Morgan fingerprint density at radius 1 is 1.53 bits per heavy atom. The van der Waals surface area contributed by atoms with Crippen molar-refractivity contribution in [3.63, 3.8) is 0 Å². The van der Waals surface area contributed by atoms with Gasteiger partial charge < -0.3 is 10.1 Å². The minimum atomic E-state index is 0.646. The van der Waals surface area contributed by atoms with Crippen molar-refractivity contribution in [3.05, 3.63) is 16.1 Å². The molecule has 4 heteroatoms. The quantitative estimate of drug-likeness (QED) is 0.728. The lowest BCUT2D eigenvalue weighted by Crippen LogP contribution is -2.05. The molecule has 1 aromatic heterocycles. The SMILES string of the molecule is CNCc1nc(COCCC(C)C)cs1. The maximum Gasteiger partial charge on any atom is 0.107 e. The summed E-state index contributed by atoms with van der Waals surface area (Å²) in [6, 6.07) is 0. The molecule has 0 fully saturated rings. The van der Waals surface area contributed by atoms with Crippen LogP contribution in [0.2, 0.25) is 0 Å². The van der Waals surface area contributed by atoms with Crippen LogP contribution in [0.3, 0.4) is 0 Å². The summed E-state index contributed by atoms with van der Waals surface area (Å²) >= 11 is 1.68. The first-order chi connectivity index (χ1) is 7.22. The van der Waals surface area contributed by atoms with E-state index in [4.69, 9.17) is 4.74 Å². The summed E-state index contributed by atoms with van der Waals surface area (Å²) in [5.74, 6) is 0.709. The van der Waals surface area contributed by atoms with Crippen LogP contribution in [-0.2, 0) is 17.9 Å². The van der Waals surface area contributed by atoms with Crippen molar-refractivity contribution in [3.8, 4) is 0 Å². The lowest BCUT2D eigenvalue weighted by atomic mass is 10.1. The van der Waals surface area contributed by atoms with Gasteiger partial charge in [-0.25, -0.2) is 4.98 Å². The number of thiazole rings is 1. The number of aromatic nitrogens is 1. The fourth-order valence-electron chi connectivity index (χ4n) is 1.14. The van der Waals surface area contributed by atoms with Crippen molar-refractivity contribution in [2.75, 3.05) is 13.7 Å². The molecular weight excluding hydrogens is 208 g/mol. The third kappa shape index (κ3) is 5.25. The van der Waals surface area contributed by atoms with E-state index in [0.29, 0.717) is 12.5 Å². The van der Waals surface area contributed by atoms with Crippen LogP contribution in [0.4, 0.5) is 0 Å². The van der Waals surface area contributed by atoms with Crippen molar-refractivity contribution >= 4 is 11.3 Å². The molecular formula is C11H20N2OS. The lowest BCUT2D eigenvalue weighted by Gasteiger charge is -2.04. The van der Waals surface area contributed by atoms with Crippen LogP contribution in [0.25, 0.3) is 0 Å². The van der Waals surface area contributed by atoms with Crippen LogP contribution >= 0.6 is 11.3 Å². The zero-order valence-corrected chi connectivity index (χ0v) is 10.6. The summed E-state index contributed by atoms with van der Waals surface area (Å²) < 4.78 is 5.55. The highest BCUT2D eigenvalue weighted by Crippen LogP contribution is 2.10. The molecule has 0 amide bonds. The predicted octanol–water partition coefficient (Wildman–Crippen LogP) is 2.43. The van der Waals surface area contributed by atoms with Crippen LogP contribution in [0.1, 0.15) is 31.0 Å². The second-order valence-electron chi connectivity index (χ2n) is 4.00.